The molecule has 0 saturated carbocycles. The Balaban J connectivity index is 2.41. The molecule has 0 N–H and O–H groups in total. The van der Waals surface area contributed by atoms with Gasteiger partial charge in [-0.3, -0.25) is 4.79 Å². The average molecular weight is 335 g/mol. The van der Waals surface area contributed by atoms with Crippen LogP contribution in [0.25, 0.3) is 0 Å². The smallest absolute Gasteiger partial charge is 0.246 e. The third-order valence-electron chi connectivity index (χ3n) is 3.41. The lowest BCUT2D eigenvalue weighted by molar-refractivity contribution is -0.132. The van der Waals surface area contributed by atoms with Crippen LogP contribution in [-0.4, -0.2) is 50.2 Å². The van der Waals surface area contributed by atoms with E-state index in [2.05, 4.69) is 0 Å². The molecule has 0 aliphatic carbocycles. The summed E-state index contributed by atoms with van der Waals surface area (Å²) in [5.74, 6) is -1.21. The number of halogens is 2. The molecule has 1 atom stereocenters. The molecule has 2 rings (SSSR count). The Morgan fingerprint density at radius 3 is 2.67 bits per heavy atom. The minimum absolute atomic E-state index is 0.119. The number of carbonyl (C=O) groups is 1. The van der Waals surface area contributed by atoms with Crippen molar-refractivity contribution in [2.45, 2.75) is 23.8 Å². The van der Waals surface area contributed by atoms with Crippen molar-refractivity contribution in [2.75, 3.05) is 20.6 Å². The second kappa shape index (κ2) is 5.90. The van der Waals surface area contributed by atoms with Gasteiger partial charge in [0.2, 0.25) is 15.9 Å². The van der Waals surface area contributed by atoms with E-state index < -0.39 is 26.8 Å². The first-order chi connectivity index (χ1) is 9.75. The van der Waals surface area contributed by atoms with Gasteiger partial charge in [-0.05, 0) is 31.0 Å². The fourth-order valence-electron chi connectivity index (χ4n) is 2.38. The summed E-state index contributed by atoms with van der Waals surface area (Å²) in [5.41, 5.74) is 0. The number of nitrogens with zero attached hydrogens (tertiary/aromatic N) is 2. The van der Waals surface area contributed by atoms with E-state index in [1.165, 1.54) is 11.0 Å². The highest BCUT2D eigenvalue weighted by Crippen LogP contribution is 2.29. The van der Waals surface area contributed by atoms with E-state index in [1.807, 2.05) is 0 Å². The van der Waals surface area contributed by atoms with Gasteiger partial charge in [0.1, 0.15) is 16.8 Å². The van der Waals surface area contributed by atoms with Crippen molar-refractivity contribution in [3.63, 3.8) is 0 Å². The van der Waals surface area contributed by atoms with Gasteiger partial charge in [-0.25, -0.2) is 12.8 Å². The SMILES string of the molecule is CN(C)C(=O)C1CCCN1S(=O)(=O)c1ccc(Cl)cc1F. The first kappa shape index (κ1) is 16.2. The largest absolute Gasteiger partial charge is 0.347 e. The summed E-state index contributed by atoms with van der Waals surface area (Å²) in [7, 11) is -0.934. The summed E-state index contributed by atoms with van der Waals surface area (Å²) in [4.78, 5) is 13.0. The number of likely N-dealkylation sites (N-methyl/N-ethyl adjacent to an activating group) is 1. The Morgan fingerprint density at radius 2 is 2.10 bits per heavy atom. The van der Waals surface area contributed by atoms with E-state index in [9.17, 15) is 17.6 Å². The van der Waals surface area contributed by atoms with Crippen molar-refractivity contribution >= 4 is 27.5 Å². The lowest BCUT2D eigenvalue weighted by atomic mass is 10.2. The van der Waals surface area contributed by atoms with Crippen molar-refractivity contribution in [2.24, 2.45) is 0 Å². The van der Waals surface area contributed by atoms with Gasteiger partial charge in [-0.15, -0.1) is 0 Å². The van der Waals surface area contributed by atoms with Gasteiger partial charge < -0.3 is 4.90 Å². The first-order valence-electron chi connectivity index (χ1n) is 6.43. The lowest BCUT2D eigenvalue weighted by Crippen LogP contribution is -2.45. The molecule has 0 bridgehead atoms. The monoisotopic (exact) mass is 334 g/mol. The maximum atomic E-state index is 13.9. The van der Waals surface area contributed by atoms with Crippen LogP contribution in [0.15, 0.2) is 23.1 Å². The molecule has 1 fully saturated rings. The second-order valence-electron chi connectivity index (χ2n) is 5.08. The zero-order valence-corrected chi connectivity index (χ0v) is 13.3. The molecule has 0 spiro atoms. The number of hydrogen-bond donors (Lipinski definition) is 0. The minimum atomic E-state index is -4.06. The van der Waals surface area contributed by atoms with Crippen LogP contribution in [0.1, 0.15) is 12.8 Å². The number of benzene rings is 1. The van der Waals surface area contributed by atoms with Crippen LogP contribution in [0.2, 0.25) is 5.02 Å². The maximum Gasteiger partial charge on any atom is 0.246 e. The molecule has 116 valence electrons. The van der Waals surface area contributed by atoms with E-state index in [4.69, 9.17) is 11.6 Å². The van der Waals surface area contributed by atoms with Crippen LogP contribution in [0.5, 0.6) is 0 Å². The number of rotatable bonds is 3. The summed E-state index contributed by atoms with van der Waals surface area (Å²) in [6.45, 7) is 0.203. The zero-order valence-electron chi connectivity index (χ0n) is 11.7. The zero-order chi connectivity index (χ0) is 15.8. The number of amides is 1. The molecular weight excluding hydrogens is 319 g/mol. The lowest BCUT2D eigenvalue weighted by Gasteiger charge is -2.25. The molecule has 1 saturated heterocycles. The summed E-state index contributed by atoms with van der Waals surface area (Å²) in [6.07, 6.45) is 1.00. The Morgan fingerprint density at radius 1 is 1.43 bits per heavy atom. The predicted octanol–water partition coefficient (Wildman–Crippen LogP) is 1.72. The van der Waals surface area contributed by atoms with Gasteiger partial charge in [-0.1, -0.05) is 11.6 Å². The van der Waals surface area contributed by atoms with E-state index >= 15 is 0 Å². The standard InChI is InChI=1S/C13H16ClFN2O3S/c1-16(2)13(18)11-4-3-7-17(11)21(19,20)12-6-5-9(14)8-10(12)15/h5-6,8,11H,3-4,7H2,1-2H3. The van der Waals surface area contributed by atoms with Crippen molar-refractivity contribution < 1.29 is 17.6 Å². The van der Waals surface area contributed by atoms with Crippen molar-refractivity contribution in [3.05, 3.63) is 29.0 Å². The predicted molar refractivity (Wildman–Crippen MR) is 77.0 cm³/mol. The highest BCUT2D eigenvalue weighted by atomic mass is 35.5. The fourth-order valence-corrected chi connectivity index (χ4v) is 4.24. The number of hydrogen-bond acceptors (Lipinski definition) is 3. The van der Waals surface area contributed by atoms with Crippen LogP contribution in [0.4, 0.5) is 4.39 Å². The summed E-state index contributed by atoms with van der Waals surface area (Å²) >= 11 is 5.64. The summed E-state index contributed by atoms with van der Waals surface area (Å²) in [5, 5.41) is 0.119. The van der Waals surface area contributed by atoms with E-state index in [0.717, 1.165) is 16.4 Å². The minimum Gasteiger partial charge on any atom is -0.347 e. The van der Waals surface area contributed by atoms with E-state index in [-0.39, 0.29) is 17.5 Å². The van der Waals surface area contributed by atoms with Crippen LogP contribution in [-0.2, 0) is 14.8 Å². The quantitative estimate of drug-likeness (QED) is 0.845. The van der Waals surface area contributed by atoms with Gasteiger partial charge in [-0.2, -0.15) is 4.31 Å². The van der Waals surface area contributed by atoms with Crippen LogP contribution < -0.4 is 0 Å². The van der Waals surface area contributed by atoms with Crippen molar-refractivity contribution in [1.82, 2.24) is 9.21 Å². The molecule has 1 unspecified atom stereocenters. The normalized spacial score (nSPS) is 19.7. The van der Waals surface area contributed by atoms with Crippen molar-refractivity contribution in [1.29, 1.82) is 0 Å². The molecule has 21 heavy (non-hydrogen) atoms. The van der Waals surface area contributed by atoms with Gasteiger partial charge >= 0.3 is 0 Å². The van der Waals surface area contributed by atoms with E-state index in [1.54, 1.807) is 14.1 Å². The number of carbonyl (C=O) groups excluding carboxylic acids is 1. The first-order valence-corrected chi connectivity index (χ1v) is 8.25. The second-order valence-corrected chi connectivity index (χ2v) is 7.38. The molecule has 8 heteroatoms. The molecule has 1 aromatic rings. The van der Waals surface area contributed by atoms with Crippen LogP contribution >= 0.6 is 11.6 Å². The Kier molecular flexibility index (Phi) is 4.55. The molecule has 1 aliphatic heterocycles. The molecule has 0 radical (unpaired) electrons. The molecule has 5 nitrogen and oxygen atoms in total. The van der Waals surface area contributed by atoms with Gasteiger partial charge in [0, 0.05) is 25.7 Å². The maximum absolute atomic E-state index is 13.9. The van der Waals surface area contributed by atoms with Gasteiger partial charge in [0.15, 0.2) is 0 Å². The topological polar surface area (TPSA) is 57.7 Å². The Labute approximate surface area is 128 Å². The Hall–Kier alpha value is -1.18. The molecule has 1 aliphatic rings. The third kappa shape index (κ3) is 3.04. The van der Waals surface area contributed by atoms with E-state index in [0.29, 0.717) is 12.8 Å². The molecular formula is C13H16ClFN2O3S. The molecule has 1 heterocycles. The molecule has 1 amide bonds. The third-order valence-corrected chi connectivity index (χ3v) is 5.59. The number of sulfonamides is 1. The molecule has 0 aromatic heterocycles. The van der Waals surface area contributed by atoms with Gasteiger partial charge in [0.25, 0.3) is 0 Å². The van der Waals surface area contributed by atoms with Crippen molar-refractivity contribution in [3.8, 4) is 0 Å². The average Bonchev–Trinajstić information content (AvgIpc) is 2.86. The summed E-state index contributed by atoms with van der Waals surface area (Å²) < 4.78 is 40.1. The summed E-state index contributed by atoms with van der Waals surface area (Å²) in [6, 6.07) is 2.62. The highest BCUT2D eigenvalue weighted by molar-refractivity contribution is 7.89. The van der Waals surface area contributed by atoms with Crippen LogP contribution in [0.3, 0.4) is 0 Å². The Bertz CT molecular complexity index is 663. The highest BCUT2D eigenvalue weighted by Gasteiger charge is 2.41. The fraction of sp³-hybridized carbons (Fsp3) is 0.462. The molecule has 1 aromatic carbocycles. The van der Waals surface area contributed by atoms with Crippen LogP contribution in [0, 0.1) is 5.82 Å². The van der Waals surface area contributed by atoms with Gasteiger partial charge in [0.05, 0.1) is 0 Å².